The van der Waals surface area contributed by atoms with Crippen LogP contribution < -0.4 is 20.7 Å². The van der Waals surface area contributed by atoms with Crippen LogP contribution in [0.3, 0.4) is 0 Å². The molecule has 0 saturated heterocycles. The number of methoxy groups -OCH3 is 1. The van der Waals surface area contributed by atoms with Gasteiger partial charge >= 0.3 is 6.09 Å². The summed E-state index contributed by atoms with van der Waals surface area (Å²) in [5, 5.41) is 7.21. The van der Waals surface area contributed by atoms with E-state index in [-0.39, 0.29) is 0 Å². The molecule has 0 aliphatic rings. The number of ether oxygens (including phenoxy) is 2. The Morgan fingerprint density at radius 3 is 2.37 bits per heavy atom. The number of nitrogens with zero attached hydrogens (tertiary/aromatic N) is 4. The molecule has 0 aliphatic carbocycles. The van der Waals surface area contributed by atoms with Crippen LogP contribution >= 0.6 is 0 Å². The van der Waals surface area contributed by atoms with Gasteiger partial charge in [0.15, 0.2) is 5.82 Å². The molecule has 1 amide bonds. The van der Waals surface area contributed by atoms with Gasteiger partial charge in [-0.15, -0.1) is 0 Å². The topological polar surface area (TPSA) is 107 Å². The van der Waals surface area contributed by atoms with Crippen LogP contribution in [0.15, 0.2) is 54.9 Å². The minimum atomic E-state index is -0.610. The maximum Gasteiger partial charge on any atom is 0.412 e. The van der Waals surface area contributed by atoms with Crippen LogP contribution in [-0.2, 0) is 4.74 Å². The van der Waals surface area contributed by atoms with Gasteiger partial charge in [0.2, 0.25) is 0 Å². The van der Waals surface area contributed by atoms with Crippen LogP contribution in [0.2, 0.25) is 0 Å². The second-order valence-electron chi connectivity index (χ2n) is 9.33. The fraction of sp³-hybridized carbons (Fsp3) is 0.269. The fourth-order valence-electron chi connectivity index (χ4n) is 3.80. The lowest BCUT2D eigenvalue weighted by Gasteiger charge is -2.20. The number of rotatable bonds is 5. The molecule has 4 aromatic rings. The van der Waals surface area contributed by atoms with Gasteiger partial charge in [-0.1, -0.05) is 18.2 Å². The first-order valence-electron chi connectivity index (χ1n) is 11.2. The molecule has 9 nitrogen and oxygen atoms in total. The Morgan fingerprint density at radius 2 is 1.74 bits per heavy atom. The van der Waals surface area contributed by atoms with Crippen molar-refractivity contribution in [1.29, 1.82) is 0 Å². The normalized spacial score (nSPS) is 11.4. The molecule has 4 rings (SSSR count). The summed E-state index contributed by atoms with van der Waals surface area (Å²) in [5.41, 5.74) is 11.5. The number of benzene rings is 2. The Kier molecular flexibility index (Phi) is 6.26. The summed E-state index contributed by atoms with van der Waals surface area (Å²) in [6.45, 7) is 5.43. The quantitative estimate of drug-likeness (QED) is 0.416. The van der Waals surface area contributed by atoms with E-state index in [1.807, 2.05) is 70.1 Å². The van der Waals surface area contributed by atoms with Crippen molar-refractivity contribution >= 4 is 28.8 Å². The van der Waals surface area contributed by atoms with E-state index in [4.69, 9.17) is 15.2 Å². The van der Waals surface area contributed by atoms with Gasteiger partial charge in [0.1, 0.15) is 23.2 Å². The van der Waals surface area contributed by atoms with Crippen molar-refractivity contribution in [2.45, 2.75) is 26.4 Å². The van der Waals surface area contributed by atoms with Crippen LogP contribution in [0, 0.1) is 0 Å². The first-order valence-corrected chi connectivity index (χ1v) is 11.2. The van der Waals surface area contributed by atoms with E-state index in [0.29, 0.717) is 22.8 Å². The molecule has 0 spiro atoms. The molecule has 3 N–H and O–H groups in total. The lowest BCUT2D eigenvalue weighted by molar-refractivity contribution is 0.0635. The highest BCUT2D eigenvalue weighted by Gasteiger charge is 2.20. The zero-order valence-electron chi connectivity index (χ0n) is 20.8. The summed E-state index contributed by atoms with van der Waals surface area (Å²) < 4.78 is 12.7. The standard InChI is InChI=1S/C26H30N6O3/c1-26(2,3)35-25(33)30-20-12-9-17(13-22(20)34-6)19-14-21(32-23(19)24(27)28-15-29-32)16-7-10-18(11-8-16)31(4)5/h7-15H,1-6H3,(H,30,33)(H2,27,28,29). The minimum Gasteiger partial charge on any atom is -0.495 e. The number of fused-ring (bicyclic) bond motifs is 1. The maximum absolute atomic E-state index is 12.3. The summed E-state index contributed by atoms with van der Waals surface area (Å²) >= 11 is 0. The summed E-state index contributed by atoms with van der Waals surface area (Å²) in [6.07, 6.45) is 0.886. The molecule has 0 saturated carbocycles. The predicted molar refractivity (Wildman–Crippen MR) is 139 cm³/mol. The van der Waals surface area contributed by atoms with Gasteiger partial charge in [-0.2, -0.15) is 5.10 Å². The van der Waals surface area contributed by atoms with E-state index in [1.165, 1.54) is 6.33 Å². The maximum atomic E-state index is 12.3. The van der Waals surface area contributed by atoms with Gasteiger partial charge in [-0.05, 0) is 56.7 Å². The largest absolute Gasteiger partial charge is 0.495 e. The third-order valence-corrected chi connectivity index (χ3v) is 5.41. The molecular formula is C26H30N6O3. The predicted octanol–water partition coefficient (Wildman–Crippen LogP) is 5.07. The average Bonchev–Trinajstić information content (AvgIpc) is 3.19. The van der Waals surface area contributed by atoms with E-state index in [9.17, 15) is 4.79 Å². The van der Waals surface area contributed by atoms with E-state index < -0.39 is 11.7 Å². The zero-order valence-corrected chi connectivity index (χ0v) is 20.8. The highest BCUT2D eigenvalue weighted by Crippen LogP contribution is 2.38. The smallest absolute Gasteiger partial charge is 0.412 e. The summed E-state index contributed by atoms with van der Waals surface area (Å²) in [4.78, 5) is 18.5. The molecule has 182 valence electrons. The number of carbonyl (C=O) groups is 1. The molecule has 9 heteroatoms. The lowest BCUT2D eigenvalue weighted by Crippen LogP contribution is -2.27. The third-order valence-electron chi connectivity index (χ3n) is 5.41. The number of nitrogens with two attached hydrogens (primary N) is 1. The molecule has 0 fully saturated rings. The first-order chi connectivity index (χ1) is 16.6. The van der Waals surface area contributed by atoms with E-state index in [2.05, 4.69) is 27.5 Å². The van der Waals surface area contributed by atoms with Gasteiger partial charge in [-0.25, -0.2) is 14.3 Å². The Labute approximate surface area is 204 Å². The Morgan fingerprint density at radius 1 is 1.06 bits per heavy atom. The van der Waals surface area contributed by atoms with Crippen LogP contribution in [0.25, 0.3) is 27.9 Å². The molecular weight excluding hydrogens is 444 g/mol. The van der Waals surface area contributed by atoms with Crippen molar-refractivity contribution < 1.29 is 14.3 Å². The Hall–Kier alpha value is -4.27. The number of hydrogen-bond donors (Lipinski definition) is 2. The molecule has 35 heavy (non-hydrogen) atoms. The molecule has 0 atom stereocenters. The minimum absolute atomic E-state index is 0.362. The van der Waals surface area contributed by atoms with E-state index in [1.54, 1.807) is 17.7 Å². The summed E-state index contributed by atoms with van der Waals surface area (Å²) in [5.74, 6) is 0.848. The summed E-state index contributed by atoms with van der Waals surface area (Å²) in [6, 6.07) is 15.7. The van der Waals surface area contributed by atoms with Crippen LogP contribution in [-0.4, -0.2) is 47.5 Å². The second-order valence-corrected chi connectivity index (χ2v) is 9.33. The van der Waals surface area contributed by atoms with Gasteiger partial charge < -0.3 is 20.1 Å². The molecule has 0 radical (unpaired) electrons. The first kappa shape index (κ1) is 23.9. The number of carbonyl (C=O) groups excluding carboxylic acids is 1. The van der Waals surface area contributed by atoms with E-state index >= 15 is 0 Å². The lowest BCUT2D eigenvalue weighted by atomic mass is 10.0. The van der Waals surface area contributed by atoms with Crippen LogP contribution in [0.1, 0.15) is 20.8 Å². The molecule has 2 aromatic heterocycles. The van der Waals surface area contributed by atoms with Gasteiger partial charge in [0, 0.05) is 30.9 Å². The molecule has 0 aliphatic heterocycles. The van der Waals surface area contributed by atoms with Crippen LogP contribution in [0.5, 0.6) is 5.75 Å². The van der Waals surface area contributed by atoms with Gasteiger partial charge in [0.05, 0.1) is 18.5 Å². The average molecular weight is 475 g/mol. The molecule has 2 aromatic carbocycles. The molecule has 0 bridgehead atoms. The highest BCUT2D eigenvalue weighted by atomic mass is 16.6. The molecule has 2 heterocycles. The van der Waals surface area contributed by atoms with Crippen molar-refractivity contribution in [2.24, 2.45) is 0 Å². The van der Waals surface area contributed by atoms with Crippen molar-refractivity contribution in [3.63, 3.8) is 0 Å². The zero-order chi connectivity index (χ0) is 25.3. The number of amides is 1. The van der Waals surface area contributed by atoms with Crippen molar-refractivity contribution in [2.75, 3.05) is 37.2 Å². The van der Waals surface area contributed by atoms with E-state index in [0.717, 1.165) is 28.1 Å². The number of nitrogens with one attached hydrogen (secondary N) is 1. The highest BCUT2D eigenvalue weighted by molar-refractivity contribution is 5.94. The Balaban J connectivity index is 1.78. The number of hydrogen-bond acceptors (Lipinski definition) is 7. The second kappa shape index (κ2) is 9.17. The summed E-state index contributed by atoms with van der Waals surface area (Å²) in [7, 11) is 5.55. The SMILES string of the molecule is COc1cc(-c2cc(-c3ccc(N(C)C)cc3)n3ncnc(N)c23)ccc1NC(=O)OC(C)(C)C. The monoisotopic (exact) mass is 474 g/mol. The fourth-order valence-corrected chi connectivity index (χ4v) is 3.80. The van der Waals surface area contributed by atoms with Crippen molar-refractivity contribution in [1.82, 2.24) is 14.6 Å². The third kappa shape index (κ3) is 4.98. The number of nitrogen functional groups attached to an aromatic ring is 1. The van der Waals surface area contributed by atoms with Crippen molar-refractivity contribution in [3.05, 3.63) is 54.9 Å². The van der Waals surface area contributed by atoms with Crippen molar-refractivity contribution in [3.8, 4) is 28.1 Å². The number of anilines is 3. The Bertz CT molecular complexity index is 1370. The number of aromatic nitrogens is 3. The molecule has 0 unspecified atom stereocenters. The van der Waals surface area contributed by atoms with Gasteiger partial charge in [-0.3, -0.25) is 5.32 Å². The van der Waals surface area contributed by atoms with Crippen LogP contribution in [0.4, 0.5) is 22.0 Å². The van der Waals surface area contributed by atoms with Gasteiger partial charge in [0.25, 0.3) is 0 Å².